The molecule has 1 saturated heterocycles. The van der Waals surface area contributed by atoms with E-state index in [1.54, 1.807) is 11.9 Å². The van der Waals surface area contributed by atoms with Gasteiger partial charge in [0.25, 0.3) is 0 Å². The molecule has 5 nitrogen and oxygen atoms in total. The van der Waals surface area contributed by atoms with Crippen molar-refractivity contribution < 1.29 is 14.3 Å². The van der Waals surface area contributed by atoms with Gasteiger partial charge in [-0.25, -0.2) is 4.79 Å². The Kier molecular flexibility index (Phi) is 4.44. The van der Waals surface area contributed by atoms with Crippen LogP contribution in [0, 0.1) is 11.3 Å². The number of rotatable bonds is 3. The second kappa shape index (κ2) is 6.54. The lowest BCUT2D eigenvalue weighted by Gasteiger charge is -2.50. The van der Waals surface area contributed by atoms with Crippen molar-refractivity contribution in [3.63, 3.8) is 0 Å². The summed E-state index contributed by atoms with van der Waals surface area (Å²) in [5, 5.41) is 0. The van der Waals surface area contributed by atoms with Crippen molar-refractivity contribution in [1.29, 1.82) is 0 Å². The van der Waals surface area contributed by atoms with Crippen molar-refractivity contribution >= 4 is 12.0 Å². The quantitative estimate of drug-likeness (QED) is 0.816. The predicted molar refractivity (Wildman–Crippen MR) is 103 cm³/mol. The van der Waals surface area contributed by atoms with Crippen LogP contribution in [0.3, 0.4) is 0 Å². The molecule has 1 aromatic carbocycles. The number of hydrogen-bond acceptors (Lipinski definition) is 3. The molecule has 1 heterocycles. The van der Waals surface area contributed by atoms with Gasteiger partial charge in [-0.1, -0.05) is 30.3 Å². The van der Waals surface area contributed by atoms with Crippen molar-refractivity contribution in [2.45, 2.75) is 50.5 Å². The molecule has 0 bridgehead atoms. The van der Waals surface area contributed by atoms with Crippen LogP contribution < -0.4 is 0 Å². The van der Waals surface area contributed by atoms with Crippen molar-refractivity contribution in [3.8, 4) is 0 Å². The lowest BCUT2D eigenvalue weighted by molar-refractivity contribution is -0.143. The summed E-state index contributed by atoms with van der Waals surface area (Å²) >= 11 is 0. The fraction of sp³-hybridized carbons (Fsp3) is 0.636. The van der Waals surface area contributed by atoms with Crippen LogP contribution in [0.2, 0.25) is 0 Å². The highest BCUT2D eigenvalue weighted by Crippen LogP contribution is 2.56. The average molecular weight is 370 g/mol. The molecular formula is C22H30N2O3. The smallest absolute Gasteiger partial charge is 0.409 e. The number of ether oxygens (including phenoxy) is 1. The van der Waals surface area contributed by atoms with Gasteiger partial charge in [0.05, 0.1) is 7.11 Å². The van der Waals surface area contributed by atoms with Crippen LogP contribution in [0.5, 0.6) is 0 Å². The molecule has 1 aromatic rings. The Labute approximate surface area is 161 Å². The summed E-state index contributed by atoms with van der Waals surface area (Å²) in [4.78, 5) is 28.4. The fourth-order valence-electron chi connectivity index (χ4n) is 5.47. The molecule has 2 amide bonds. The molecule has 27 heavy (non-hydrogen) atoms. The van der Waals surface area contributed by atoms with Gasteiger partial charge in [-0.05, 0) is 55.9 Å². The molecule has 0 unspecified atom stereocenters. The number of methoxy groups -OCH3 is 1. The number of carbonyl (C=O) groups is 2. The Morgan fingerprint density at radius 1 is 1.15 bits per heavy atom. The Morgan fingerprint density at radius 2 is 1.81 bits per heavy atom. The second-order valence-electron chi connectivity index (χ2n) is 9.16. The Morgan fingerprint density at radius 3 is 2.44 bits per heavy atom. The third-order valence-corrected chi connectivity index (χ3v) is 7.36. The van der Waals surface area contributed by atoms with Gasteiger partial charge in [0.2, 0.25) is 5.91 Å². The van der Waals surface area contributed by atoms with E-state index in [1.807, 2.05) is 6.92 Å². The Hall–Kier alpha value is -2.04. The van der Waals surface area contributed by atoms with E-state index < -0.39 is 0 Å². The topological polar surface area (TPSA) is 49.9 Å². The summed E-state index contributed by atoms with van der Waals surface area (Å²) in [6.45, 7) is 3.84. The molecule has 1 spiro atoms. The van der Waals surface area contributed by atoms with E-state index >= 15 is 0 Å². The maximum atomic E-state index is 12.9. The van der Waals surface area contributed by atoms with Gasteiger partial charge in [0, 0.05) is 31.6 Å². The van der Waals surface area contributed by atoms with E-state index in [-0.39, 0.29) is 23.5 Å². The standard InChI is InChI=1S/C22H30N2O3/c1-21(23(2)20(26)27-3)11-18(12-21)19(25)24-10-9-22(15-24)13-17(14-22)16-7-5-4-6-8-16/h4-8,17-18H,9-15H2,1-3H3/t17?,18-,21+,22?. The first kappa shape index (κ1) is 18.3. The minimum Gasteiger partial charge on any atom is -0.453 e. The molecule has 146 valence electrons. The summed E-state index contributed by atoms with van der Waals surface area (Å²) in [6, 6.07) is 10.7. The molecule has 0 atom stereocenters. The van der Waals surface area contributed by atoms with Crippen LogP contribution in [0.1, 0.15) is 50.5 Å². The number of likely N-dealkylation sites (tertiary alicyclic amines) is 1. The zero-order valence-electron chi connectivity index (χ0n) is 16.6. The molecule has 5 heteroatoms. The van der Waals surface area contributed by atoms with E-state index in [1.165, 1.54) is 25.5 Å². The first-order valence-electron chi connectivity index (χ1n) is 10.0. The van der Waals surface area contributed by atoms with Crippen molar-refractivity contribution in [2.75, 3.05) is 27.2 Å². The highest BCUT2D eigenvalue weighted by molar-refractivity contribution is 5.81. The average Bonchev–Trinajstić information content (AvgIpc) is 3.09. The van der Waals surface area contributed by atoms with Gasteiger partial charge < -0.3 is 14.5 Å². The fourth-order valence-corrected chi connectivity index (χ4v) is 5.47. The zero-order valence-corrected chi connectivity index (χ0v) is 16.6. The highest BCUT2D eigenvalue weighted by Gasteiger charge is 2.53. The lowest BCUT2D eigenvalue weighted by atomic mass is 9.59. The second-order valence-corrected chi connectivity index (χ2v) is 9.16. The summed E-state index contributed by atoms with van der Waals surface area (Å²) in [5.41, 5.74) is 1.51. The molecule has 0 radical (unpaired) electrons. The molecule has 2 aliphatic carbocycles. The van der Waals surface area contributed by atoms with E-state index in [2.05, 4.69) is 35.2 Å². The summed E-state index contributed by atoms with van der Waals surface area (Å²) < 4.78 is 4.82. The third-order valence-electron chi connectivity index (χ3n) is 7.36. The van der Waals surface area contributed by atoms with Crippen molar-refractivity contribution in [2.24, 2.45) is 11.3 Å². The SMILES string of the molecule is COC(=O)N(C)[C@]1(C)C[C@H](C(=O)N2CCC3(CC(c4ccccc4)C3)C2)C1. The summed E-state index contributed by atoms with van der Waals surface area (Å²) in [5.74, 6) is 0.981. The van der Waals surface area contributed by atoms with Gasteiger partial charge in [-0.2, -0.15) is 0 Å². The summed E-state index contributed by atoms with van der Waals surface area (Å²) in [7, 11) is 3.16. The molecule has 3 aliphatic rings. The maximum Gasteiger partial charge on any atom is 0.409 e. The van der Waals surface area contributed by atoms with Gasteiger partial charge >= 0.3 is 6.09 Å². The Bertz CT molecular complexity index is 720. The van der Waals surface area contributed by atoms with E-state index in [4.69, 9.17) is 4.74 Å². The van der Waals surface area contributed by atoms with Crippen molar-refractivity contribution in [3.05, 3.63) is 35.9 Å². The largest absolute Gasteiger partial charge is 0.453 e. The number of benzene rings is 1. The van der Waals surface area contributed by atoms with E-state index in [0.717, 1.165) is 32.4 Å². The van der Waals surface area contributed by atoms with Crippen molar-refractivity contribution in [1.82, 2.24) is 9.80 Å². The maximum absolute atomic E-state index is 12.9. The number of amides is 2. The van der Waals surface area contributed by atoms with Gasteiger partial charge in [-0.15, -0.1) is 0 Å². The molecule has 1 aliphatic heterocycles. The molecule has 0 aromatic heterocycles. The van der Waals surface area contributed by atoms with E-state index in [9.17, 15) is 9.59 Å². The Balaban J connectivity index is 1.29. The molecule has 3 fully saturated rings. The summed E-state index contributed by atoms with van der Waals surface area (Å²) in [6.07, 6.45) is 4.67. The van der Waals surface area contributed by atoms with Crippen LogP contribution in [0.4, 0.5) is 4.79 Å². The number of carbonyl (C=O) groups excluding carboxylic acids is 2. The predicted octanol–water partition coefficient (Wildman–Crippen LogP) is 3.65. The van der Waals surface area contributed by atoms with Gasteiger partial charge in [-0.3, -0.25) is 4.79 Å². The molecule has 0 N–H and O–H groups in total. The van der Waals surface area contributed by atoms with Crippen LogP contribution in [0.25, 0.3) is 0 Å². The first-order valence-corrected chi connectivity index (χ1v) is 10.0. The van der Waals surface area contributed by atoms with Crippen LogP contribution in [0.15, 0.2) is 30.3 Å². The van der Waals surface area contributed by atoms with E-state index in [0.29, 0.717) is 11.3 Å². The van der Waals surface area contributed by atoms with Gasteiger partial charge in [0.1, 0.15) is 0 Å². The lowest BCUT2D eigenvalue weighted by Crippen LogP contribution is -2.59. The monoisotopic (exact) mass is 370 g/mol. The first-order chi connectivity index (χ1) is 12.9. The van der Waals surface area contributed by atoms with Crippen LogP contribution in [-0.4, -0.2) is 54.6 Å². The highest BCUT2D eigenvalue weighted by atomic mass is 16.5. The minimum absolute atomic E-state index is 0.0438. The molecule has 2 saturated carbocycles. The number of hydrogen-bond donors (Lipinski definition) is 0. The normalized spacial score (nSPS) is 34.7. The third kappa shape index (κ3) is 3.11. The minimum atomic E-state index is -0.329. The van der Waals surface area contributed by atoms with Gasteiger partial charge in [0.15, 0.2) is 0 Å². The number of nitrogens with zero attached hydrogens (tertiary/aromatic N) is 2. The molecular weight excluding hydrogens is 340 g/mol. The molecule has 4 rings (SSSR count). The van der Waals surface area contributed by atoms with Crippen LogP contribution >= 0.6 is 0 Å². The van der Waals surface area contributed by atoms with Crippen LogP contribution in [-0.2, 0) is 9.53 Å². The zero-order chi connectivity index (χ0) is 19.2.